The van der Waals surface area contributed by atoms with Gasteiger partial charge >= 0.3 is 0 Å². The molecule has 0 spiro atoms. The van der Waals surface area contributed by atoms with Crippen molar-refractivity contribution in [2.45, 2.75) is 19.4 Å². The van der Waals surface area contributed by atoms with Crippen LogP contribution in [0.15, 0.2) is 0 Å². The largest absolute Gasteiger partial charge is 0.311 e. The molecule has 3 nitrogen and oxygen atoms in total. The maximum atomic E-state index is 10.9. The van der Waals surface area contributed by atoms with Gasteiger partial charge in [0.15, 0.2) is 0 Å². The van der Waals surface area contributed by atoms with E-state index in [-0.39, 0.29) is 0 Å². The van der Waals surface area contributed by atoms with E-state index in [0.29, 0.717) is 6.04 Å². The summed E-state index contributed by atoms with van der Waals surface area (Å²) in [6.07, 6.45) is 2.96. The lowest BCUT2D eigenvalue weighted by molar-refractivity contribution is 0.207. The highest BCUT2D eigenvalue weighted by Crippen LogP contribution is 2.01. The maximum Gasteiger partial charge on any atom is 0.0359 e. The van der Waals surface area contributed by atoms with E-state index in [1.807, 2.05) is 0 Å². The van der Waals surface area contributed by atoms with Gasteiger partial charge in [0.05, 0.1) is 0 Å². The molecule has 0 saturated carbocycles. The van der Waals surface area contributed by atoms with Crippen molar-refractivity contribution in [3.63, 3.8) is 0 Å². The molecule has 0 aromatic heterocycles. The molecular weight excluding hydrogens is 184 g/mol. The second-order valence-corrected chi connectivity index (χ2v) is 5.19. The van der Waals surface area contributed by atoms with Crippen molar-refractivity contribution in [1.82, 2.24) is 10.2 Å². The van der Waals surface area contributed by atoms with E-state index in [0.717, 1.165) is 31.9 Å². The summed E-state index contributed by atoms with van der Waals surface area (Å²) in [4.78, 5) is 2.41. The molecule has 0 aromatic carbocycles. The Bertz CT molecular complexity index is 175. The summed E-state index contributed by atoms with van der Waals surface area (Å²) >= 11 is 0. The predicted molar refractivity (Wildman–Crippen MR) is 57.5 cm³/mol. The van der Waals surface area contributed by atoms with Crippen LogP contribution in [0, 0.1) is 0 Å². The maximum absolute atomic E-state index is 10.9. The Balaban J connectivity index is 2.21. The molecule has 0 bridgehead atoms. The number of hydrogen-bond donors (Lipinski definition) is 1. The van der Waals surface area contributed by atoms with Gasteiger partial charge in [0.25, 0.3) is 0 Å². The lowest BCUT2D eigenvalue weighted by atomic mass is 10.1. The highest BCUT2D eigenvalue weighted by Gasteiger charge is 2.16. The van der Waals surface area contributed by atoms with E-state index in [2.05, 4.69) is 17.1 Å². The summed E-state index contributed by atoms with van der Waals surface area (Å²) in [6, 6.07) is 0.638. The van der Waals surface area contributed by atoms with Crippen molar-refractivity contribution in [2.75, 3.05) is 38.2 Å². The van der Waals surface area contributed by atoms with Crippen LogP contribution in [-0.4, -0.2) is 53.3 Å². The fourth-order valence-corrected chi connectivity index (χ4v) is 2.14. The first-order valence-corrected chi connectivity index (χ1v) is 6.71. The quantitative estimate of drug-likeness (QED) is 0.702. The molecule has 1 heterocycles. The molecule has 0 aromatic rings. The molecule has 0 amide bonds. The third-order valence-electron chi connectivity index (χ3n) is 2.53. The van der Waals surface area contributed by atoms with Crippen LogP contribution in [0.3, 0.4) is 0 Å². The molecular formula is C9H20N2OS. The third kappa shape index (κ3) is 4.20. The Morgan fingerprint density at radius 2 is 2.38 bits per heavy atom. The number of rotatable bonds is 4. The Kier molecular flexibility index (Phi) is 4.91. The summed E-state index contributed by atoms with van der Waals surface area (Å²) in [5.41, 5.74) is 0. The van der Waals surface area contributed by atoms with Gasteiger partial charge in [-0.05, 0) is 6.42 Å². The lowest BCUT2D eigenvalue weighted by Crippen LogP contribution is -2.51. The molecule has 13 heavy (non-hydrogen) atoms. The molecule has 1 rings (SSSR count). The number of nitrogens with one attached hydrogen (secondary N) is 1. The predicted octanol–water partition coefficient (Wildman–Crippen LogP) is 0.0487. The molecule has 2 unspecified atom stereocenters. The first kappa shape index (κ1) is 11.1. The van der Waals surface area contributed by atoms with Crippen molar-refractivity contribution in [1.29, 1.82) is 0 Å². The molecule has 78 valence electrons. The minimum atomic E-state index is -0.643. The molecule has 0 radical (unpaired) electrons. The van der Waals surface area contributed by atoms with Crippen molar-refractivity contribution < 1.29 is 4.21 Å². The van der Waals surface area contributed by atoms with E-state index in [1.165, 1.54) is 6.42 Å². The van der Waals surface area contributed by atoms with Crippen LogP contribution in [0.5, 0.6) is 0 Å². The van der Waals surface area contributed by atoms with Gasteiger partial charge in [-0.3, -0.25) is 9.11 Å². The summed E-state index contributed by atoms with van der Waals surface area (Å²) in [5, 5.41) is 3.47. The number of nitrogens with zero attached hydrogens (tertiary/aromatic N) is 1. The Morgan fingerprint density at radius 1 is 1.62 bits per heavy atom. The second-order valence-electron chi connectivity index (χ2n) is 3.64. The molecule has 2 atom stereocenters. The van der Waals surface area contributed by atoms with Crippen molar-refractivity contribution in [2.24, 2.45) is 0 Å². The minimum absolute atomic E-state index is 0.638. The summed E-state index contributed by atoms with van der Waals surface area (Å²) < 4.78 is 10.9. The van der Waals surface area contributed by atoms with Crippen molar-refractivity contribution >= 4 is 10.8 Å². The van der Waals surface area contributed by atoms with Gasteiger partial charge in [-0.2, -0.15) is 0 Å². The van der Waals surface area contributed by atoms with Crippen molar-refractivity contribution in [3.8, 4) is 0 Å². The zero-order valence-electron chi connectivity index (χ0n) is 8.58. The Morgan fingerprint density at radius 3 is 3.00 bits per heavy atom. The molecule has 1 N–H and O–H groups in total. The van der Waals surface area contributed by atoms with E-state index >= 15 is 0 Å². The lowest BCUT2D eigenvalue weighted by Gasteiger charge is -2.32. The van der Waals surface area contributed by atoms with E-state index < -0.39 is 10.8 Å². The van der Waals surface area contributed by atoms with Gasteiger partial charge in [0.2, 0.25) is 0 Å². The molecule has 1 aliphatic heterocycles. The summed E-state index contributed by atoms with van der Waals surface area (Å²) in [6.45, 7) is 6.50. The Labute approximate surface area is 83.3 Å². The Hall–Kier alpha value is 0.0700. The first-order chi connectivity index (χ1) is 6.22. The SMILES string of the molecule is CCC1CN(CCS(C)=O)CCN1. The van der Waals surface area contributed by atoms with Crippen LogP contribution in [0.1, 0.15) is 13.3 Å². The fraction of sp³-hybridized carbons (Fsp3) is 1.00. The third-order valence-corrected chi connectivity index (χ3v) is 3.28. The van der Waals surface area contributed by atoms with Gasteiger partial charge in [0, 0.05) is 55.0 Å². The fourth-order valence-electron chi connectivity index (χ4n) is 1.63. The van der Waals surface area contributed by atoms with Crippen LogP contribution >= 0.6 is 0 Å². The topological polar surface area (TPSA) is 32.3 Å². The zero-order chi connectivity index (χ0) is 9.68. The van der Waals surface area contributed by atoms with E-state index in [9.17, 15) is 4.21 Å². The highest BCUT2D eigenvalue weighted by molar-refractivity contribution is 7.84. The monoisotopic (exact) mass is 204 g/mol. The van der Waals surface area contributed by atoms with Gasteiger partial charge in [0.1, 0.15) is 0 Å². The minimum Gasteiger partial charge on any atom is -0.311 e. The van der Waals surface area contributed by atoms with Gasteiger partial charge < -0.3 is 5.32 Å². The number of hydrogen-bond acceptors (Lipinski definition) is 3. The normalized spacial score (nSPS) is 27.4. The smallest absolute Gasteiger partial charge is 0.0359 e. The van der Waals surface area contributed by atoms with Gasteiger partial charge in [-0.25, -0.2) is 0 Å². The van der Waals surface area contributed by atoms with Crippen LogP contribution in [-0.2, 0) is 10.8 Å². The number of piperazine rings is 1. The zero-order valence-corrected chi connectivity index (χ0v) is 9.40. The highest BCUT2D eigenvalue weighted by atomic mass is 32.2. The molecule has 1 fully saturated rings. The van der Waals surface area contributed by atoms with E-state index in [1.54, 1.807) is 6.26 Å². The summed E-state index contributed by atoms with van der Waals surface area (Å²) in [5.74, 6) is 0.816. The summed E-state index contributed by atoms with van der Waals surface area (Å²) in [7, 11) is -0.643. The average molecular weight is 204 g/mol. The van der Waals surface area contributed by atoms with Crippen LogP contribution < -0.4 is 5.32 Å². The van der Waals surface area contributed by atoms with Gasteiger partial charge in [-0.1, -0.05) is 6.92 Å². The average Bonchev–Trinajstić information content (AvgIpc) is 2.15. The molecule has 0 aliphatic carbocycles. The first-order valence-electron chi connectivity index (χ1n) is 4.98. The van der Waals surface area contributed by atoms with Crippen molar-refractivity contribution in [3.05, 3.63) is 0 Å². The van der Waals surface area contributed by atoms with Crippen LogP contribution in [0.2, 0.25) is 0 Å². The molecule has 4 heteroatoms. The molecule has 1 saturated heterocycles. The molecule has 1 aliphatic rings. The standard InChI is InChI=1S/C9H20N2OS/c1-3-9-8-11(5-4-10-9)6-7-13(2)12/h9-10H,3-8H2,1-2H3. The van der Waals surface area contributed by atoms with Gasteiger partial charge in [-0.15, -0.1) is 0 Å². The second kappa shape index (κ2) is 5.73. The van der Waals surface area contributed by atoms with Crippen LogP contribution in [0.25, 0.3) is 0 Å². The van der Waals surface area contributed by atoms with E-state index in [4.69, 9.17) is 0 Å². The van der Waals surface area contributed by atoms with Crippen LogP contribution in [0.4, 0.5) is 0 Å².